The minimum atomic E-state index is -4.90. The predicted molar refractivity (Wildman–Crippen MR) is 67.8 cm³/mol. The summed E-state index contributed by atoms with van der Waals surface area (Å²) in [7, 11) is -3.55. The fraction of sp³-hybridized carbons (Fsp3) is 0.538. The van der Waals surface area contributed by atoms with Crippen LogP contribution in [0.5, 0.6) is 0 Å². The molecule has 1 heterocycles. The number of aliphatic hydroxyl groups is 1. The van der Waals surface area contributed by atoms with Crippen molar-refractivity contribution in [2.75, 3.05) is 5.75 Å². The topological polar surface area (TPSA) is 54.4 Å². The highest BCUT2D eigenvalue weighted by Gasteiger charge is 2.38. The van der Waals surface area contributed by atoms with Crippen molar-refractivity contribution >= 4 is 9.84 Å². The Balaban J connectivity index is 2.38. The highest BCUT2D eigenvalue weighted by atomic mass is 32.2. The number of benzene rings is 1. The van der Waals surface area contributed by atoms with Gasteiger partial charge in [-0.25, -0.2) is 12.8 Å². The van der Waals surface area contributed by atoms with E-state index in [1.54, 1.807) is 0 Å². The summed E-state index contributed by atoms with van der Waals surface area (Å²) in [6.07, 6.45) is -5.25. The van der Waals surface area contributed by atoms with Gasteiger partial charge in [0.1, 0.15) is 5.82 Å². The van der Waals surface area contributed by atoms with Gasteiger partial charge in [0.25, 0.3) is 0 Å². The number of aliphatic hydroxyl groups excluding tert-OH is 1. The van der Waals surface area contributed by atoms with E-state index in [2.05, 4.69) is 0 Å². The van der Waals surface area contributed by atoms with E-state index in [0.29, 0.717) is 25.0 Å². The van der Waals surface area contributed by atoms with E-state index in [-0.39, 0.29) is 17.7 Å². The molecule has 118 valence electrons. The van der Waals surface area contributed by atoms with E-state index >= 15 is 0 Å². The maximum Gasteiger partial charge on any atom is 0.419 e. The van der Waals surface area contributed by atoms with Crippen molar-refractivity contribution in [2.24, 2.45) is 0 Å². The van der Waals surface area contributed by atoms with Crippen LogP contribution in [0.25, 0.3) is 0 Å². The molecule has 0 bridgehead atoms. The van der Waals surface area contributed by atoms with Crippen LogP contribution in [0.3, 0.4) is 0 Å². The maximum absolute atomic E-state index is 13.2. The van der Waals surface area contributed by atoms with Crippen molar-refractivity contribution in [1.29, 1.82) is 0 Å². The second-order valence-electron chi connectivity index (χ2n) is 5.08. The Kier molecular flexibility index (Phi) is 4.30. The lowest BCUT2D eigenvalue weighted by Gasteiger charge is -2.27. The highest BCUT2D eigenvalue weighted by molar-refractivity contribution is 7.92. The Morgan fingerprint density at radius 2 is 1.90 bits per heavy atom. The molecule has 1 N–H and O–H groups in total. The number of halogens is 4. The third kappa shape index (κ3) is 3.37. The van der Waals surface area contributed by atoms with Crippen LogP contribution in [0, 0.1) is 5.82 Å². The van der Waals surface area contributed by atoms with Crippen LogP contribution < -0.4 is 0 Å². The first kappa shape index (κ1) is 16.2. The Bertz CT molecular complexity index is 625. The molecule has 8 heteroatoms. The molecule has 0 spiro atoms. The fourth-order valence-electron chi connectivity index (χ4n) is 2.49. The number of sulfone groups is 1. The van der Waals surface area contributed by atoms with Crippen molar-refractivity contribution in [2.45, 2.75) is 36.8 Å². The molecule has 1 aromatic rings. The van der Waals surface area contributed by atoms with E-state index in [9.17, 15) is 31.1 Å². The smallest absolute Gasteiger partial charge is 0.387 e. The number of rotatable bonds is 2. The standard InChI is InChI=1S/C13H14F4O3S/c14-10-5-4-8(7-9(10)13(15,16)17)12(18)11-3-1-2-6-21(11,19)20/h4-5,7,11-12,18H,1-3,6H2. The summed E-state index contributed by atoms with van der Waals surface area (Å²) in [5.74, 6) is -1.55. The summed E-state index contributed by atoms with van der Waals surface area (Å²) in [5, 5.41) is 8.95. The average molecular weight is 326 g/mol. The van der Waals surface area contributed by atoms with Crippen LogP contribution in [-0.2, 0) is 16.0 Å². The summed E-state index contributed by atoms with van der Waals surface area (Å²) in [6, 6.07) is 2.06. The van der Waals surface area contributed by atoms with Crippen molar-refractivity contribution in [3.63, 3.8) is 0 Å². The van der Waals surface area contributed by atoms with Crippen LogP contribution in [-0.4, -0.2) is 24.5 Å². The Labute approximate surface area is 119 Å². The van der Waals surface area contributed by atoms with Gasteiger partial charge in [0.05, 0.1) is 22.7 Å². The van der Waals surface area contributed by atoms with Gasteiger partial charge in [0.2, 0.25) is 0 Å². The molecule has 0 aromatic heterocycles. The molecule has 2 atom stereocenters. The van der Waals surface area contributed by atoms with Crippen LogP contribution in [0.15, 0.2) is 18.2 Å². The van der Waals surface area contributed by atoms with Crippen LogP contribution >= 0.6 is 0 Å². The average Bonchev–Trinajstić information content (AvgIpc) is 2.36. The molecule has 0 saturated carbocycles. The first-order valence-electron chi connectivity index (χ1n) is 6.39. The second kappa shape index (κ2) is 5.57. The first-order chi connectivity index (χ1) is 9.63. The van der Waals surface area contributed by atoms with Crippen molar-refractivity contribution < 1.29 is 31.1 Å². The van der Waals surface area contributed by atoms with E-state index in [1.807, 2.05) is 0 Å². The Hall–Kier alpha value is -1.15. The molecule has 1 aliphatic heterocycles. The predicted octanol–water partition coefficient (Wildman–Crippen LogP) is 2.85. The molecular weight excluding hydrogens is 312 g/mol. The lowest BCUT2D eigenvalue weighted by Crippen LogP contribution is -2.34. The van der Waals surface area contributed by atoms with Gasteiger partial charge in [-0.05, 0) is 30.5 Å². The number of hydrogen-bond acceptors (Lipinski definition) is 3. The SMILES string of the molecule is O=S1(=O)CCCCC1C(O)c1ccc(F)c(C(F)(F)F)c1. The van der Waals surface area contributed by atoms with Crippen molar-refractivity contribution in [3.8, 4) is 0 Å². The van der Waals surface area contributed by atoms with Crippen molar-refractivity contribution in [3.05, 3.63) is 35.1 Å². The van der Waals surface area contributed by atoms with Gasteiger partial charge in [-0.15, -0.1) is 0 Å². The largest absolute Gasteiger partial charge is 0.419 e. The number of hydrogen-bond donors (Lipinski definition) is 1. The molecular formula is C13H14F4O3S. The van der Waals surface area contributed by atoms with E-state index in [0.717, 1.165) is 6.07 Å². The van der Waals surface area contributed by atoms with Crippen LogP contribution in [0.4, 0.5) is 17.6 Å². The highest BCUT2D eigenvalue weighted by Crippen LogP contribution is 2.36. The zero-order valence-electron chi connectivity index (χ0n) is 10.9. The summed E-state index contributed by atoms with van der Waals surface area (Å²) in [5.41, 5.74) is -1.74. The van der Waals surface area contributed by atoms with E-state index in [4.69, 9.17) is 0 Å². The van der Waals surface area contributed by atoms with Crippen LogP contribution in [0.1, 0.15) is 36.5 Å². The van der Waals surface area contributed by atoms with Crippen molar-refractivity contribution in [1.82, 2.24) is 0 Å². The monoisotopic (exact) mass is 326 g/mol. The molecule has 3 nitrogen and oxygen atoms in total. The molecule has 21 heavy (non-hydrogen) atoms. The summed E-state index contributed by atoms with van der Waals surface area (Å²) in [4.78, 5) is 0. The Morgan fingerprint density at radius 3 is 2.48 bits per heavy atom. The molecule has 2 unspecified atom stereocenters. The van der Waals surface area contributed by atoms with Gasteiger partial charge in [-0.1, -0.05) is 12.5 Å². The molecule has 2 rings (SSSR count). The third-order valence-electron chi connectivity index (χ3n) is 3.62. The number of alkyl halides is 3. The minimum absolute atomic E-state index is 0.0952. The van der Waals surface area contributed by atoms with Gasteiger partial charge in [-0.3, -0.25) is 0 Å². The molecule has 0 aliphatic carbocycles. The molecule has 0 amide bonds. The lowest BCUT2D eigenvalue weighted by atomic mass is 10.00. The zero-order valence-corrected chi connectivity index (χ0v) is 11.7. The van der Waals surface area contributed by atoms with Gasteiger partial charge in [0, 0.05) is 0 Å². The van der Waals surface area contributed by atoms with Gasteiger partial charge >= 0.3 is 6.18 Å². The molecule has 1 saturated heterocycles. The molecule has 1 fully saturated rings. The molecule has 1 aliphatic rings. The molecule has 0 radical (unpaired) electrons. The van der Waals surface area contributed by atoms with Gasteiger partial charge < -0.3 is 5.11 Å². The maximum atomic E-state index is 13.2. The third-order valence-corrected chi connectivity index (χ3v) is 5.89. The summed E-state index contributed by atoms with van der Waals surface area (Å²) in [6.45, 7) is 0. The van der Waals surface area contributed by atoms with E-state index in [1.165, 1.54) is 0 Å². The van der Waals surface area contributed by atoms with Gasteiger partial charge in [0.15, 0.2) is 9.84 Å². The minimum Gasteiger partial charge on any atom is -0.387 e. The van der Waals surface area contributed by atoms with Crippen LogP contribution in [0.2, 0.25) is 0 Å². The molecule has 1 aromatic carbocycles. The normalized spacial score (nSPS) is 23.8. The second-order valence-corrected chi connectivity index (χ2v) is 7.42. The lowest BCUT2D eigenvalue weighted by molar-refractivity contribution is -0.140. The van der Waals surface area contributed by atoms with Gasteiger partial charge in [-0.2, -0.15) is 13.2 Å². The zero-order chi connectivity index (χ0) is 15.8. The fourth-order valence-corrected chi connectivity index (χ4v) is 4.48. The van der Waals surface area contributed by atoms with E-state index < -0.39 is 38.7 Å². The Morgan fingerprint density at radius 1 is 1.24 bits per heavy atom. The quantitative estimate of drug-likeness (QED) is 0.850. The first-order valence-corrected chi connectivity index (χ1v) is 8.11. The summed E-state index contributed by atoms with van der Waals surface area (Å²) < 4.78 is 74.9. The summed E-state index contributed by atoms with van der Waals surface area (Å²) >= 11 is 0.